The number of carbonyl (C=O) groups excluding carboxylic acids is 3. The topological polar surface area (TPSA) is 94.2 Å². The summed E-state index contributed by atoms with van der Waals surface area (Å²) in [5.74, 6) is -1.92. The number of likely N-dealkylation sites (tertiary alicyclic amines) is 1. The predicted molar refractivity (Wildman–Crippen MR) is 93.0 cm³/mol. The van der Waals surface area contributed by atoms with Gasteiger partial charge in [-0.2, -0.15) is 0 Å². The predicted octanol–water partition coefficient (Wildman–Crippen LogP) is 1.73. The van der Waals surface area contributed by atoms with E-state index >= 15 is 0 Å². The SMILES string of the molecule is CCOC(=O)N1CCC(NC(=O)COC(=O)c2ccc(OC)cc2F)CC1. The quantitative estimate of drug-likeness (QED) is 0.753. The third kappa shape index (κ3) is 5.83. The molecule has 1 saturated heterocycles. The highest BCUT2D eigenvalue weighted by Gasteiger charge is 2.25. The second-order valence-corrected chi connectivity index (χ2v) is 5.95. The summed E-state index contributed by atoms with van der Waals surface area (Å²) in [6.45, 7) is 2.49. The average molecular weight is 382 g/mol. The molecule has 27 heavy (non-hydrogen) atoms. The maximum Gasteiger partial charge on any atom is 0.409 e. The largest absolute Gasteiger partial charge is 0.497 e. The molecule has 9 heteroatoms. The van der Waals surface area contributed by atoms with E-state index in [1.54, 1.807) is 11.8 Å². The normalized spacial score (nSPS) is 14.4. The van der Waals surface area contributed by atoms with Gasteiger partial charge in [-0.1, -0.05) is 0 Å². The second kappa shape index (κ2) is 9.75. The van der Waals surface area contributed by atoms with Crippen LogP contribution in [0.2, 0.25) is 0 Å². The molecule has 1 aliphatic heterocycles. The van der Waals surface area contributed by atoms with Crippen LogP contribution < -0.4 is 10.1 Å². The van der Waals surface area contributed by atoms with E-state index in [-0.39, 0.29) is 23.4 Å². The van der Waals surface area contributed by atoms with Crippen molar-refractivity contribution in [1.29, 1.82) is 0 Å². The Hall–Kier alpha value is -2.84. The lowest BCUT2D eigenvalue weighted by Crippen LogP contribution is -2.47. The Morgan fingerprint density at radius 1 is 1.22 bits per heavy atom. The number of hydrogen-bond donors (Lipinski definition) is 1. The van der Waals surface area contributed by atoms with Gasteiger partial charge in [-0.3, -0.25) is 4.79 Å². The summed E-state index contributed by atoms with van der Waals surface area (Å²) in [6.07, 6.45) is 0.787. The highest BCUT2D eigenvalue weighted by atomic mass is 19.1. The fraction of sp³-hybridized carbons (Fsp3) is 0.500. The fourth-order valence-electron chi connectivity index (χ4n) is 2.69. The van der Waals surface area contributed by atoms with Gasteiger partial charge >= 0.3 is 12.1 Å². The number of piperidine rings is 1. The lowest BCUT2D eigenvalue weighted by molar-refractivity contribution is -0.125. The molecule has 0 aromatic heterocycles. The number of esters is 1. The fourth-order valence-corrected chi connectivity index (χ4v) is 2.69. The molecular weight excluding hydrogens is 359 g/mol. The summed E-state index contributed by atoms with van der Waals surface area (Å²) >= 11 is 0. The third-order valence-electron chi connectivity index (χ3n) is 4.12. The van der Waals surface area contributed by atoms with Crippen LogP contribution in [0.5, 0.6) is 5.75 Å². The first-order valence-electron chi connectivity index (χ1n) is 8.66. The minimum Gasteiger partial charge on any atom is -0.497 e. The van der Waals surface area contributed by atoms with Crippen molar-refractivity contribution in [3.63, 3.8) is 0 Å². The number of hydrogen-bond acceptors (Lipinski definition) is 6. The van der Waals surface area contributed by atoms with Gasteiger partial charge in [-0.15, -0.1) is 0 Å². The van der Waals surface area contributed by atoms with E-state index in [4.69, 9.17) is 14.2 Å². The van der Waals surface area contributed by atoms with Crippen molar-refractivity contribution in [3.8, 4) is 5.75 Å². The van der Waals surface area contributed by atoms with Crippen molar-refractivity contribution >= 4 is 18.0 Å². The van der Waals surface area contributed by atoms with Crippen LogP contribution >= 0.6 is 0 Å². The van der Waals surface area contributed by atoms with Gasteiger partial charge in [0.15, 0.2) is 6.61 Å². The summed E-state index contributed by atoms with van der Waals surface area (Å²) in [7, 11) is 1.38. The number of benzene rings is 1. The summed E-state index contributed by atoms with van der Waals surface area (Å²) in [5, 5.41) is 2.74. The summed E-state index contributed by atoms with van der Waals surface area (Å²) < 4.78 is 28.5. The molecule has 0 aliphatic carbocycles. The molecule has 0 saturated carbocycles. The van der Waals surface area contributed by atoms with Crippen LogP contribution in [0, 0.1) is 5.82 Å². The van der Waals surface area contributed by atoms with Crippen LogP contribution in [0.4, 0.5) is 9.18 Å². The number of carbonyl (C=O) groups is 3. The molecule has 1 aromatic carbocycles. The molecule has 1 aromatic rings. The van der Waals surface area contributed by atoms with Crippen LogP contribution in [0.3, 0.4) is 0 Å². The Morgan fingerprint density at radius 2 is 1.93 bits per heavy atom. The van der Waals surface area contributed by atoms with E-state index in [0.717, 1.165) is 6.07 Å². The van der Waals surface area contributed by atoms with Crippen molar-refractivity contribution in [2.75, 3.05) is 33.4 Å². The average Bonchev–Trinajstić information content (AvgIpc) is 2.66. The first kappa shape index (κ1) is 20.5. The van der Waals surface area contributed by atoms with Crippen molar-refractivity contribution < 1.29 is 33.0 Å². The number of ether oxygens (including phenoxy) is 3. The zero-order chi connectivity index (χ0) is 19.8. The monoisotopic (exact) mass is 382 g/mol. The Morgan fingerprint density at radius 3 is 2.52 bits per heavy atom. The zero-order valence-corrected chi connectivity index (χ0v) is 15.3. The molecule has 2 rings (SSSR count). The Balaban J connectivity index is 1.75. The minimum atomic E-state index is -0.928. The van der Waals surface area contributed by atoms with Crippen LogP contribution in [0.1, 0.15) is 30.1 Å². The van der Waals surface area contributed by atoms with Gasteiger partial charge in [0.2, 0.25) is 0 Å². The summed E-state index contributed by atoms with van der Waals surface area (Å²) in [5.41, 5.74) is -0.272. The van der Waals surface area contributed by atoms with Gasteiger partial charge < -0.3 is 24.4 Å². The first-order chi connectivity index (χ1) is 12.9. The number of nitrogens with one attached hydrogen (secondary N) is 1. The molecule has 1 fully saturated rings. The van der Waals surface area contributed by atoms with Crippen LogP contribution in [0.15, 0.2) is 18.2 Å². The van der Waals surface area contributed by atoms with Crippen LogP contribution in [-0.4, -0.2) is 62.3 Å². The van der Waals surface area contributed by atoms with Gasteiger partial charge in [0.05, 0.1) is 19.3 Å². The standard InChI is InChI=1S/C18H23FN2O6/c1-3-26-18(24)21-8-6-12(7-9-21)20-16(22)11-27-17(23)14-5-4-13(25-2)10-15(14)19/h4-5,10,12H,3,6-9,11H2,1-2H3,(H,20,22). The van der Waals surface area contributed by atoms with E-state index in [1.165, 1.54) is 19.2 Å². The Labute approximate surface area is 156 Å². The Kier molecular flexibility index (Phi) is 7.39. The first-order valence-corrected chi connectivity index (χ1v) is 8.66. The zero-order valence-electron chi connectivity index (χ0n) is 15.3. The van der Waals surface area contributed by atoms with Crippen molar-refractivity contribution in [1.82, 2.24) is 10.2 Å². The molecule has 0 bridgehead atoms. The minimum absolute atomic E-state index is 0.125. The number of amides is 2. The molecule has 1 aliphatic rings. The molecule has 148 valence electrons. The number of nitrogens with zero attached hydrogens (tertiary/aromatic N) is 1. The molecule has 2 amide bonds. The van der Waals surface area contributed by atoms with E-state index in [1.807, 2.05) is 0 Å². The molecule has 0 spiro atoms. The maximum absolute atomic E-state index is 13.8. The van der Waals surface area contributed by atoms with Crippen molar-refractivity contribution in [2.24, 2.45) is 0 Å². The van der Waals surface area contributed by atoms with Crippen LogP contribution in [0.25, 0.3) is 0 Å². The molecule has 0 radical (unpaired) electrons. The molecule has 1 heterocycles. The van der Waals surface area contributed by atoms with E-state index < -0.39 is 24.3 Å². The molecular formula is C18H23FN2O6. The van der Waals surface area contributed by atoms with Crippen molar-refractivity contribution in [3.05, 3.63) is 29.6 Å². The van der Waals surface area contributed by atoms with E-state index in [0.29, 0.717) is 32.5 Å². The smallest absolute Gasteiger partial charge is 0.409 e. The van der Waals surface area contributed by atoms with E-state index in [2.05, 4.69) is 5.32 Å². The lowest BCUT2D eigenvalue weighted by atomic mass is 10.1. The second-order valence-electron chi connectivity index (χ2n) is 5.95. The van der Waals surface area contributed by atoms with Crippen molar-refractivity contribution in [2.45, 2.75) is 25.8 Å². The molecule has 0 atom stereocenters. The van der Waals surface area contributed by atoms with Gasteiger partial charge in [0, 0.05) is 25.2 Å². The molecule has 1 N–H and O–H groups in total. The van der Waals surface area contributed by atoms with Gasteiger partial charge in [0.1, 0.15) is 11.6 Å². The van der Waals surface area contributed by atoms with Crippen LogP contribution in [-0.2, 0) is 14.3 Å². The Bertz CT molecular complexity index is 688. The third-order valence-corrected chi connectivity index (χ3v) is 4.12. The number of methoxy groups -OCH3 is 1. The maximum atomic E-state index is 13.8. The number of halogens is 1. The summed E-state index contributed by atoms with van der Waals surface area (Å²) in [6, 6.07) is 3.60. The van der Waals surface area contributed by atoms with Gasteiger partial charge in [-0.05, 0) is 31.9 Å². The number of rotatable bonds is 6. The summed E-state index contributed by atoms with van der Waals surface area (Å²) in [4.78, 5) is 37.1. The molecule has 0 unspecified atom stereocenters. The highest BCUT2D eigenvalue weighted by molar-refractivity contribution is 5.91. The molecule has 8 nitrogen and oxygen atoms in total. The van der Waals surface area contributed by atoms with E-state index in [9.17, 15) is 18.8 Å². The van der Waals surface area contributed by atoms with Gasteiger partial charge in [0.25, 0.3) is 5.91 Å². The highest BCUT2D eigenvalue weighted by Crippen LogP contribution is 2.17. The lowest BCUT2D eigenvalue weighted by Gasteiger charge is -2.31. The van der Waals surface area contributed by atoms with Gasteiger partial charge in [-0.25, -0.2) is 14.0 Å².